The van der Waals surface area contributed by atoms with Gasteiger partial charge in [0.1, 0.15) is 5.76 Å². The first kappa shape index (κ1) is 15.6. The maximum absolute atomic E-state index is 13.5. The molecule has 2 aromatic rings. The first-order valence-electron chi connectivity index (χ1n) is 7.33. The van der Waals surface area contributed by atoms with Crippen molar-refractivity contribution >= 4 is 5.91 Å². The van der Waals surface area contributed by atoms with Crippen molar-refractivity contribution < 1.29 is 18.0 Å². The Bertz CT molecular complexity index is 732. The van der Waals surface area contributed by atoms with E-state index in [1.54, 1.807) is 13.0 Å². The lowest BCUT2D eigenvalue weighted by atomic mass is 9.99. The SMILES string of the molecule is Cc1ocnc1C(=O)N[C@@H]1CCN(C)[C@@H]1c1ccc(F)c(F)c1. The summed E-state index contributed by atoms with van der Waals surface area (Å²) in [6.07, 6.45) is 1.93. The Morgan fingerprint density at radius 2 is 2.17 bits per heavy atom. The highest BCUT2D eigenvalue weighted by molar-refractivity contribution is 5.93. The quantitative estimate of drug-likeness (QED) is 0.943. The number of likely N-dealkylation sites (tertiary alicyclic amines) is 1. The zero-order valence-electron chi connectivity index (χ0n) is 12.8. The number of likely N-dealkylation sites (N-methyl/N-ethyl adjacent to an activating group) is 1. The molecule has 0 saturated carbocycles. The molecule has 23 heavy (non-hydrogen) atoms. The van der Waals surface area contributed by atoms with E-state index in [1.165, 1.54) is 12.5 Å². The lowest BCUT2D eigenvalue weighted by molar-refractivity contribution is 0.0921. The summed E-state index contributed by atoms with van der Waals surface area (Å²) in [7, 11) is 1.89. The fourth-order valence-corrected chi connectivity index (χ4v) is 3.04. The van der Waals surface area contributed by atoms with E-state index in [-0.39, 0.29) is 23.7 Å². The molecule has 1 N–H and O–H groups in total. The average Bonchev–Trinajstić information content (AvgIpc) is 3.08. The van der Waals surface area contributed by atoms with Crippen LogP contribution in [0.25, 0.3) is 0 Å². The molecule has 2 heterocycles. The summed E-state index contributed by atoms with van der Waals surface area (Å²) in [5.74, 6) is -1.66. The summed E-state index contributed by atoms with van der Waals surface area (Å²) in [5.41, 5.74) is 0.870. The molecule has 122 valence electrons. The lowest BCUT2D eigenvalue weighted by Crippen LogP contribution is -2.39. The van der Waals surface area contributed by atoms with Gasteiger partial charge in [0.25, 0.3) is 5.91 Å². The molecule has 5 nitrogen and oxygen atoms in total. The average molecular weight is 321 g/mol. The van der Waals surface area contributed by atoms with Gasteiger partial charge >= 0.3 is 0 Å². The van der Waals surface area contributed by atoms with E-state index in [0.29, 0.717) is 17.7 Å². The lowest BCUT2D eigenvalue weighted by Gasteiger charge is -2.26. The van der Waals surface area contributed by atoms with Crippen molar-refractivity contribution in [3.05, 3.63) is 53.2 Å². The number of oxazole rings is 1. The van der Waals surface area contributed by atoms with Gasteiger partial charge in [-0.05, 0) is 38.1 Å². The molecule has 1 aliphatic heterocycles. The van der Waals surface area contributed by atoms with E-state index in [4.69, 9.17) is 4.42 Å². The van der Waals surface area contributed by atoms with Crippen molar-refractivity contribution in [2.75, 3.05) is 13.6 Å². The number of aryl methyl sites for hydroxylation is 1. The second-order valence-electron chi connectivity index (χ2n) is 5.72. The minimum Gasteiger partial charge on any atom is -0.448 e. The maximum atomic E-state index is 13.5. The normalized spacial score (nSPS) is 21.6. The molecule has 1 aliphatic rings. The summed E-state index contributed by atoms with van der Waals surface area (Å²) in [6.45, 7) is 2.40. The third-order valence-corrected chi connectivity index (χ3v) is 4.21. The number of hydrogen-bond donors (Lipinski definition) is 1. The number of rotatable bonds is 3. The number of nitrogens with one attached hydrogen (secondary N) is 1. The summed E-state index contributed by atoms with van der Waals surface area (Å²) in [4.78, 5) is 18.2. The zero-order chi connectivity index (χ0) is 16.6. The largest absolute Gasteiger partial charge is 0.448 e. The second kappa shape index (κ2) is 6.08. The van der Waals surface area contributed by atoms with Crippen molar-refractivity contribution in [3.8, 4) is 0 Å². The molecule has 7 heteroatoms. The summed E-state index contributed by atoms with van der Waals surface area (Å²) in [5, 5.41) is 2.92. The Morgan fingerprint density at radius 3 is 2.83 bits per heavy atom. The van der Waals surface area contributed by atoms with Crippen molar-refractivity contribution in [2.24, 2.45) is 0 Å². The van der Waals surface area contributed by atoms with Crippen molar-refractivity contribution in [2.45, 2.75) is 25.4 Å². The Kier molecular flexibility index (Phi) is 4.12. The molecule has 0 bridgehead atoms. The van der Waals surface area contributed by atoms with Crippen LogP contribution in [0.3, 0.4) is 0 Å². The molecule has 3 rings (SSSR count). The zero-order valence-corrected chi connectivity index (χ0v) is 12.8. The Hall–Kier alpha value is -2.28. The third kappa shape index (κ3) is 2.96. The van der Waals surface area contributed by atoms with Crippen LogP contribution in [0.1, 0.15) is 34.3 Å². The topological polar surface area (TPSA) is 58.4 Å². The maximum Gasteiger partial charge on any atom is 0.273 e. The number of halogens is 2. The van der Waals surface area contributed by atoms with Gasteiger partial charge in [-0.15, -0.1) is 0 Å². The first-order chi connectivity index (χ1) is 11.0. The van der Waals surface area contributed by atoms with Gasteiger partial charge in [-0.2, -0.15) is 0 Å². The Morgan fingerprint density at radius 1 is 1.39 bits per heavy atom. The number of nitrogens with zero attached hydrogens (tertiary/aromatic N) is 2. The van der Waals surface area contributed by atoms with E-state index < -0.39 is 11.6 Å². The number of carbonyl (C=O) groups excluding carboxylic acids is 1. The van der Waals surface area contributed by atoms with Crippen LogP contribution in [0, 0.1) is 18.6 Å². The van der Waals surface area contributed by atoms with Crippen LogP contribution in [-0.4, -0.2) is 35.4 Å². The van der Waals surface area contributed by atoms with Gasteiger partial charge in [-0.25, -0.2) is 13.8 Å². The molecule has 1 aromatic carbocycles. The standard InChI is InChI=1S/C16H17F2N3O2/c1-9-14(19-8-23-9)16(22)20-13-5-6-21(2)15(13)10-3-4-11(17)12(18)7-10/h3-4,7-8,13,15H,5-6H2,1-2H3,(H,20,22)/t13-,15-/m1/s1. The highest BCUT2D eigenvalue weighted by atomic mass is 19.2. The third-order valence-electron chi connectivity index (χ3n) is 4.21. The van der Waals surface area contributed by atoms with Crippen LogP contribution >= 0.6 is 0 Å². The van der Waals surface area contributed by atoms with E-state index in [0.717, 1.165) is 12.6 Å². The summed E-state index contributed by atoms with van der Waals surface area (Å²) < 4.78 is 31.7. The molecule has 2 atom stereocenters. The van der Waals surface area contributed by atoms with Crippen LogP contribution in [0.5, 0.6) is 0 Å². The van der Waals surface area contributed by atoms with Crippen LogP contribution in [0.15, 0.2) is 29.0 Å². The number of hydrogen-bond acceptors (Lipinski definition) is 4. The fourth-order valence-electron chi connectivity index (χ4n) is 3.04. The molecule has 0 radical (unpaired) electrons. The van der Waals surface area contributed by atoms with E-state index in [1.807, 2.05) is 11.9 Å². The van der Waals surface area contributed by atoms with Crippen LogP contribution < -0.4 is 5.32 Å². The molecule has 1 aromatic heterocycles. The summed E-state index contributed by atoms with van der Waals surface area (Å²) in [6, 6.07) is 3.40. The highest BCUT2D eigenvalue weighted by Crippen LogP contribution is 2.32. The second-order valence-corrected chi connectivity index (χ2v) is 5.72. The number of amides is 1. The predicted octanol–water partition coefficient (Wildman–Crippen LogP) is 2.44. The van der Waals surface area contributed by atoms with E-state index in [2.05, 4.69) is 10.3 Å². The Balaban J connectivity index is 1.82. The number of carbonyl (C=O) groups is 1. The molecule has 1 fully saturated rings. The smallest absolute Gasteiger partial charge is 0.273 e. The van der Waals surface area contributed by atoms with Gasteiger partial charge in [0.05, 0.1) is 12.1 Å². The molecular weight excluding hydrogens is 304 g/mol. The summed E-state index contributed by atoms with van der Waals surface area (Å²) >= 11 is 0. The molecule has 1 saturated heterocycles. The van der Waals surface area contributed by atoms with Crippen molar-refractivity contribution in [1.82, 2.24) is 15.2 Å². The van der Waals surface area contributed by atoms with Gasteiger partial charge in [-0.1, -0.05) is 6.07 Å². The minimum atomic E-state index is -0.889. The van der Waals surface area contributed by atoms with Crippen LogP contribution in [0.2, 0.25) is 0 Å². The molecular formula is C16H17F2N3O2. The Labute approximate surface area is 132 Å². The van der Waals surface area contributed by atoms with Gasteiger partial charge in [0.2, 0.25) is 0 Å². The minimum absolute atomic E-state index is 0.214. The molecule has 0 spiro atoms. The van der Waals surface area contributed by atoms with Crippen LogP contribution in [0.4, 0.5) is 8.78 Å². The van der Waals surface area contributed by atoms with Gasteiger partial charge in [-0.3, -0.25) is 9.69 Å². The first-order valence-corrected chi connectivity index (χ1v) is 7.33. The van der Waals surface area contributed by atoms with E-state index >= 15 is 0 Å². The van der Waals surface area contributed by atoms with Crippen molar-refractivity contribution in [1.29, 1.82) is 0 Å². The van der Waals surface area contributed by atoms with Crippen molar-refractivity contribution in [3.63, 3.8) is 0 Å². The number of aromatic nitrogens is 1. The van der Waals surface area contributed by atoms with Gasteiger partial charge in [0.15, 0.2) is 23.7 Å². The molecule has 1 amide bonds. The molecule has 0 unspecified atom stereocenters. The van der Waals surface area contributed by atoms with Gasteiger partial charge in [0, 0.05) is 6.54 Å². The van der Waals surface area contributed by atoms with E-state index in [9.17, 15) is 13.6 Å². The van der Waals surface area contributed by atoms with Crippen LogP contribution in [-0.2, 0) is 0 Å². The fraction of sp³-hybridized carbons (Fsp3) is 0.375. The molecule has 0 aliphatic carbocycles. The van der Waals surface area contributed by atoms with Gasteiger partial charge < -0.3 is 9.73 Å². The predicted molar refractivity (Wildman–Crippen MR) is 78.8 cm³/mol. The monoisotopic (exact) mass is 321 g/mol. The highest BCUT2D eigenvalue weighted by Gasteiger charge is 2.35. The number of benzene rings is 1.